The van der Waals surface area contributed by atoms with Gasteiger partial charge in [-0.3, -0.25) is 0 Å². The lowest BCUT2D eigenvalue weighted by Crippen LogP contribution is -2.32. The number of unbranched alkanes of at least 4 members (excludes halogenated alkanes) is 1. The minimum absolute atomic E-state index is 0.119. The number of carbonyl (C=O) groups excluding carboxylic acids is 1. The highest BCUT2D eigenvalue weighted by molar-refractivity contribution is 5.89. The van der Waals surface area contributed by atoms with Crippen molar-refractivity contribution in [3.05, 3.63) is 29.8 Å². The highest BCUT2D eigenvalue weighted by atomic mass is 16.3. The molecule has 100 valence electrons. The fraction of sp³-hybridized carbons (Fsp3) is 0.500. The zero-order valence-electron chi connectivity index (χ0n) is 11.3. The van der Waals surface area contributed by atoms with Gasteiger partial charge >= 0.3 is 6.03 Å². The first-order valence-electron chi connectivity index (χ1n) is 6.34. The summed E-state index contributed by atoms with van der Waals surface area (Å²) in [4.78, 5) is 13.5. The third-order valence-corrected chi connectivity index (χ3v) is 2.81. The Morgan fingerprint density at radius 3 is 2.83 bits per heavy atom. The first-order valence-corrected chi connectivity index (χ1v) is 6.34. The number of aliphatic hydroxyl groups is 1. The fourth-order valence-corrected chi connectivity index (χ4v) is 1.59. The van der Waals surface area contributed by atoms with Gasteiger partial charge in [0.15, 0.2) is 0 Å². The predicted octanol–water partition coefficient (Wildman–Crippen LogP) is 3.00. The standard InChI is InChI=1S/C14H22N2O2/c1-4-5-9-16(3)14(18)15-13-8-6-7-12(10-13)11(2)17/h6-8,10-11,17H,4-5,9H2,1-3H3,(H,15,18). The average molecular weight is 250 g/mol. The van der Waals surface area contributed by atoms with E-state index in [1.165, 1.54) is 0 Å². The Labute approximate surface area is 109 Å². The van der Waals surface area contributed by atoms with E-state index in [1.807, 2.05) is 18.2 Å². The van der Waals surface area contributed by atoms with Crippen LogP contribution in [-0.4, -0.2) is 29.6 Å². The molecule has 1 atom stereocenters. The smallest absolute Gasteiger partial charge is 0.321 e. The second-order valence-corrected chi connectivity index (χ2v) is 4.51. The van der Waals surface area contributed by atoms with Crippen molar-refractivity contribution in [3.63, 3.8) is 0 Å². The Kier molecular flexibility index (Phi) is 5.65. The average Bonchev–Trinajstić information content (AvgIpc) is 2.36. The molecule has 0 aromatic heterocycles. The summed E-state index contributed by atoms with van der Waals surface area (Å²) in [6.07, 6.45) is 1.53. The number of nitrogens with zero attached hydrogens (tertiary/aromatic N) is 1. The minimum atomic E-state index is -0.528. The van der Waals surface area contributed by atoms with Gasteiger partial charge in [-0.05, 0) is 31.0 Å². The molecule has 1 rings (SSSR count). The maximum Gasteiger partial charge on any atom is 0.321 e. The lowest BCUT2D eigenvalue weighted by molar-refractivity contribution is 0.199. The van der Waals surface area contributed by atoms with Gasteiger partial charge in [0.05, 0.1) is 6.10 Å². The van der Waals surface area contributed by atoms with Crippen LogP contribution in [-0.2, 0) is 0 Å². The molecule has 0 radical (unpaired) electrons. The van der Waals surface area contributed by atoms with E-state index in [1.54, 1.807) is 24.9 Å². The molecule has 2 amide bonds. The van der Waals surface area contributed by atoms with Crippen LogP contribution in [0.4, 0.5) is 10.5 Å². The number of rotatable bonds is 5. The van der Waals surface area contributed by atoms with E-state index >= 15 is 0 Å². The van der Waals surface area contributed by atoms with Gasteiger partial charge in [0.2, 0.25) is 0 Å². The molecule has 4 heteroatoms. The summed E-state index contributed by atoms with van der Waals surface area (Å²) in [6, 6.07) is 7.14. The molecule has 2 N–H and O–H groups in total. The number of nitrogens with one attached hydrogen (secondary N) is 1. The van der Waals surface area contributed by atoms with E-state index in [9.17, 15) is 9.90 Å². The number of urea groups is 1. The number of benzene rings is 1. The number of hydrogen-bond donors (Lipinski definition) is 2. The van der Waals surface area contributed by atoms with E-state index in [-0.39, 0.29) is 6.03 Å². The van der Waals surface area contributed by atoms with Crippen LogP contribution >= 0.6 is 0 Å². The summed E-state index contributed by atoms with van der Waals surface area (Å²) in [5, 5.41) is 12.3. The second-order valence-electron chi connectivity index (χ2n) is 4.51. The van der Waals surface area contributed by atoms with Crippen molar-refractivity contribution in [2.75, 3.05) is 18.9 Å². The zero-order chi connectivity index (χ0) is 13.5. The summed E-state index contributed by atoms with van der Waals surface area (Å²) in [7, 11) is 1.78. The van der Waals surface area contributed by atoms with E-state index in [0.717, 1.165) is 24.9 Å². The molecule has 0 saturated heterocycles. The van der Waals surface area contributed by atoms with Crippen LogP contribution in [0, 0.1) is 0 Å². The van der Waals surface area contributed by atoms with Crippen LogP contribution in [0.5, 0.6) is 0 Å². The molecule has 18 heavy (non-hydrogen) atoms. The van der Waals surface area contributed by atoms with Crippen molar-refractivity contribution in [2.45, 2.75) is 32.8 Å². The minimum Gasteiger partial charge on any atom is -0.389 e. The van der Waals surface area contributed by atoms with Gasteiger partial charge in [-0.1, -0.05) is 25.5 Å². The molecule has 0 aliphatic heterocycles. The molecule has 0 bridgehead atoms. The van der Waals surface area contributed by atoms with Crippen molar-refractivity contribution in [1.82, 2.24) is 4.90 Å². The van der Waals surface area contributed by atoms with Gasteiger partial charge in [0.25, 0.3) is 0 Å². The van der Waals surface area contributed by atoms with Gasteiger partial charge < -0.3 is 15.3 Å². The molecular formula is C14H22N2O2. The van der Waals surface area contributed by atoms with Gasteiger partial charge in [0, 0.05) is 19.3 Å². The Morgan fingerprint density at radius 2 is 2.22 bits per heavy atom. The number of hydrogen-bond acceptors (Lipinski definition) is 2. The third-order valence-electron chi connectivity index (χ3n) is 2.81. The number of aliphatic hydroxyl groups excluding tert-OH is 1. The Morgan fingerprint density at radius 1 is 1.50 bits per heavy atom. The first kappa shape index (κ1) is 14.5. The summed E-state index contributed by atoms with van der Waals surface area (Å²) in [5.41, 5.74) is 1.51. The largest absolute Gasteiger partial charge is 0.389 e. The molecule has 0 saturated carbocycles. The molecule has 4 nitrogen and oxygen atoms in total. The van der Waals surface area contributed by atoms with Crippen LogP contribution in [0.15, 0.2) is 24.3 Å². The van der Waals surface area contributed by atoms with Crippen LogP contribution in [0.1, 0.15) is 38.4 Å². The van der Waals surface area contributed by atoms with E-state index < -0.39 is 6.10 Å². The monoisotopic (exact) mass is 250 g/mol. The van der Waals surface area contributed by atoms with Crippen LogP contribution in [0.2, 0.25) is 0 Å². The van der Waals surface area contributed by atoms with Crippen molar-refractivity contribution >= 4 is 11.7 Å². The van der Waals surface area contributed by atoms with Gasteiger partial charge in [0.1, 0.15) is 0 Å². The quantitative estimate of drug-likeness (QED) is 0.844. The van der Waals surface area contributed by atoms with E-state index in [4.69, 9.17) is 0 Å². The van der Waals surface area contributed by atoms with Gasteiger partial charge in [-0.2, -0.15) is 0 Å². The zero-order valence-corrected chi connectivity index (χ0v) is 11.3. The van der Waals surface area contributed by atoms with E-state index in [2.05, 4.69) is 12.2 Å². The van der Waals surface area contributed by atoms with Gasteiger partial charge in [-0.25, -0.2) is 4.79 Å². The summed E-state index contributed by atoms with van der Waals surface area (Å²) in [6.45, 7) is 4.55. The molecule has 0 aliphatic rings. The normalized spacial score (nSPS) is 12.0. The molecule has 0 fully saturated rings. The summed E-state index contributed by atoms with van der Waals surface area (Å²) in [5.74, 6) is 0. The lowest BCUT2D eigenvalue weighted by atomic mass is 10.1. The lowest BCUT2D eigenvalue weighted by Gasteiger charge is -2.18. The van der Waals surface area contributed by atoms with Crippen LogP contribution in [0.25, 0.3) is 0 Å². The highest BCUT2D eigenvalue weighted by Crippen LogP contribution is 2.17. The highest BCUT2D eigenvalue weighted by Gasteiger charge is 2.09. The molecular weight excluding hydrogens is 228 g/mol. The number of carbonyl (C=O) groups is 1. The second kappa shape index (κ2) is 7.01. The number of anilines is 1. The Balaban J connectivity index is 2.61. The molecule has 0 spiro atoms. The van der Waals surface area contributed by atoms with Crippen molar-refractivity contribution in [2.24, 2.45) is 0 Å². The van der Waals surface area contributed by atoms with Crippen molar-refractivity contribution < 1.29 is 9.90 Å². The maximum atomic E-state index is 11.9. The van der Waals surface area contributed by atoms with Gasteiger partial charge in [-0.15, -0.1) is 0 Å². The molecule has 1 aromatic carbocycles. The molecule has 0 heterocycles. The number of amides is 2. The first-order chi connectivity index (χ1) is 8.54. The summed E-state index contributed by atoms with van der Waals surface area (Å²) < 4.78 is 0. The third kappa shape index (κ3) is 4.37. The molecule has 0 aliphatic carbocycles. The Hall–Kier alpha value is -1.55. The molecule has 1 aromatic rings. The Bertz CT molecular complexity index is 391. The maximum absolute atomic E-state index is 11.9. The SMILES string of the molecule is CCCCN(C)C(=O)Nc1cccc(C(C)O)c1. The molecule has 1 unspecified atom stereocenters. The summed E-state index contributed by atoms with van der Waals surface area (Å²) >= 11 is 0. The van der Waals surface area contributed by atoms with Crippen LogP contribution < -0.4 is 5.32 Å². The predicted molar refractivity (Wildman–Crippen MR) is 73.6 cm³/mol. The van der Waals surface area contributed by atoms with Crippen molar-refractivity contribution in [1.29, 1.82) is 0 Å². The topological polar surface area (TPSA) is 52.6 Å². The van der Waals surface area contributed by atoms with Crippen molar-refractivity contribution in [3.8, 4) is 0 Å². The van der Waals surface area contributed by atoms with Crippen LogP contribution in [0.3, 0.4) is 0 Å². The fourth-order valence-electron chi connectivity index (χ4n) is 1.59. The van der Waals surface area contributed by atoms with E-state index in [0.29, 0.717) is 5.69 Å².